The van der Waals surface area contributed by atoms with E-state index in [0.717, 1.165) is 0 Å². The van der Waals surface area contributed by atoms with E-state index < -0.39 is 73.2 Å². The number of hydrogen-bond acceptors (Lipinski definition) is 12. The molecule has 0 fully saturated rings. The Hall–Kier alpha value is -2.23. The second-order valence-electron chi connectivity index (χ2n) is 5.35. The molecule has 0 saturated heterocycles. The van der Waals surface area contributed by atoms with Gasteiger partial charge in [0.2, 0.25) is 0 Å². The number of rotatable bonds is 12. The van der Waals surface area contributed by atoms with E-state index in [1.165, 1.54) is 0 Å². The maximum absolute atomic E-state index is 9.80. The van der Waals surface area contributed by atoms with Gasteiger partial charge in [0.05, 0.1) is 0 Å². The zero-order chi connectivity index (χ0) is 24.4. The van der Waals surface area contributed by atoms with E-state index >= 15 is 0 Å². The number of nitrogens with one attached hydrogen (secondary N) is 3. The average Bonchev–Trinajstić information content (AvgIpc) is 2.62. The zero-order valence-corrected chi connectivity index (χ0v) is 22.6. The Morgan fingerprint density at radius 3 is 0.658 bits per heavy atom. The largest absolute Gasteiger partial charge is 3.00 e. The molecule has 22 nitrogen and oxygen atoms in total. The van der Waals surface area contributed by atoms with Gasteiger partial charge in [0.25, 0.3) is 0 Å². The van der Waals surface area contributed by atoms with E-state index in [4.69, 9.17) is 17.2 Å². The van der Waals surface area contributed by atoms with Crippen LogP contribution in [-0.4, -0.2) is 92.3 Å². The Labute approximate surface area is 251 Å². The standard InChI is InChI=1S/3C5H8NO4.Nd.7H2O/c3*6-3(5(9)10)1-2-4(7)8;;;;;;;;/h3*3,6H,1-2H2,(H,7,8)(H,9,10);;7*1H2/q3*-1;+3;;;;;;;/p-3. The van der Waals surface area contributed by atoms with Crippen LogP contribution in [0, 0.1) is 40.8 Å². The SMILES string of the molecule is O.O.O.O.O.O.O.[H+].[H+].[H+].[NH-]C(CCC(=O)[O-])C(=O)[O-].[NH-]C(CCC(=O)[O-])C(=O)[O-].[NH-]C(CCC(=O)[O-])C(=O)[O-].[Nd+3]. The fourth-order valence-corrected chi connectivity index (χ4v) is 1.14. The molecule has 0 aliphatic carbocycles. The molecule has 0 rings (SSSR count). The molecule has 0 amide bonds. The van der Waals surface area contributed by atoms with Gasteiger partial charge in [-0.1, -0.05) is 37.4 Å². The van der Waals surface area contributed by atoms with Gasteiger partial charge in [-0.05, 0) is 19.3 Å². The van der Waals surface area contributed by atoms with E-state index in [2.05, 4.69) is 0 Å². The van der Waals surface area contributed by atoms with Crippen LogP contribution in [0.3, 0.4) is 0 Å². The van der Waals surface area contributed by atoms with Gasteiger partial charge in [0.1, 0.15) is 0 Å². The van der Waals surface area contributed by atoms with Crippen LogP contribution in [0.4, 0.5) is 0 Å². The number of aliphatic carboxylic acids is 6. The smallest absolute Gasteiger partial charge is 0.670 e. The van der Waals surface area contributed by atoms with Crippen LogP contribution in [0.25, 0.3) is 17.2 Å². The molecule has 23 heteroatoms. The molecule has 0 saturated carbocycles. The van der Waals surface area contributed by atoms with Crippen molar-refractivity contribution < 1.29 is 143 Å². The number of carbonyl (C=O) groups is 6. The van der Waals surface area contributed by atoms with Crippen molar-refractivity contribution in [3.05, 3.63) is 17.2 Å². The molecule has 0 aromatic carbocycles. The zero-order valence-electron chi connectivity index (χ0n) is 22.4. The van der Waals surface area contributed by atoms with E-state index in [0.29, 0.717) is 0 Å². The minimum Gasteiger partial charge on any atom is -0.670 e. The molecule has 0 aliphatic rings. The van der Waals surface area contributed by atoms with Gasteiger partial charge in [-0.3, -0.25) is 0 Å². The van der Waals surface area contributed by atoms with Crippen LogP contribution in [-0.2, 0) is 28.8 Å². The van der Waals surface area contributed by atoms with E-state index in [9.17, 15) is 59.4 Å². The van der Waals surface area contributed by atoms with Gasteiger partial charge < -0.3 is 115 Å². The first-order valence-electron chi connectivity index (χ1n) is 7.97. The van der Waals surface area contributed by atoms with Gasteiger partial charge in [-0.15, -0.1) is 0 Å². The summed E-state index contributed by atoms with van der Waals surface area (Å²) in [4.78, 5) is 58.6. The summed E-state index contributed by atoms with van der Waals surface area (Å²) < 4.78 is 0. The maximum atomic E-state index is 9.80. The van der Waals surface area contributed by atoms with Gasteiger partial charge in [-0.2, -0.15) is 0 Å². The van der Waals surface area contributed by atoms with Crippen LogP contribution in [0.2, 0.25) is 0 Å². The summed E-state index contributed by atoms with van der Waals surface area (Å²) in [5, 5.41) is 58.6. The van der Waals surface area contributed by atoms with E-state index in [-0.39, 0.29) is 103 Å². The minimum atomic E-state index is -1.55. The van der Waals surface area contributed by atoms with Crippen molar-refractivity contribution in [3.8, 4) is 0 Å². The summed E-state index contributed by atoms with van der Waals surface area (Å²) in [6, 6.07) is -4.38. The molecule has 0 heterocycles. The molecule has 17 N–H and O–H groups in total. The quantitative estimate of drug-likeness (QED) is 0.183. The molecular weight excluding hydrogens is 670 g/mol. The Morgan fingerprint density at radius 2 is 0.579 bits per heavy atom. The monoisotopic (exact) mass is 703 g/mol. The average molecular weight is 706 g/mol. The van der Waals surface area contributed by atoms with Crippen molar-refractivity contribution >= 4 is 35.8 Å². The molecule has 0 aromatic rings. The third-order valence-electron chi connectivity index (χ3n) is 2.76. The first-order chi connectivity index (χ1) is 13.6. The Kier molecular flexibility index (Phi) is 77.7. The third kappa shape index (κ3) is 59.1. The summed E-state index contributed by atoms with van der Waals surface area (Å²) in [6.07, 6.45) is -2.02. The molecule has 3 unspecified atom stereocenters. The Morgan fingerprint density at radius 1 is 0.447 bits per heavy atom. The van der Waals surface area contributed by atoms with Gasteiger partial charge >= 0.3 is 45.1 Å². The third-order valence-corrected chi connectivity index (χ3v) is 2.76. The molecule has 3 atom stereocenters. The molecule has 0 bridgehead atoms. The van der Waals surface area contributed by atoms with Gasteiger partial charge in [0, 0.05) is 35.8 Å². The van der Waals surface area contributed by atoms with Crippen LogP contribution in [0.15, 0.2) is 0 Å². The van der Waals surface area contributed by atoms with E-state index in [1.54, 1.807) is 0 Å². The molecule has 0 aromatic heterocycles. The fraction of sp³-hybridized carbons (Fsp3) is 0.600. The van der Waals surface area contributed by atoms with Crippen LogP contribution in [0.1, 0.15) is 42.8 Å². The Balaban J connectivity index is -0.0000000196. The molecule has 0 spiro atoms. The first kappa shape index (κ1) is 70.5. The summed E-state index contributed by atoms with van der Waals surface area (Å²) in [7, 11) is 0. The number of hydrogen-bond donors (Lipinski definition) is 0. The molecule has 0 aliphatic heterocycles. The topological polar surface area (TPSA) is 533 Å². The van der Waals surface area contributed by atoms with Gasteiger partial charge in [0.15, 0.2) is 0 Å². The second-order valence-corrected chi connectivity index (χ2v) is 5.35. The van der Waals surface area contributed by atoms with Crippen molar-refractivity contribution in [2.75, 3.05) is 0 Å². The van der Waals surface area contributed by atoms with Crippen LogP contribution in [0.5, 0.6) is 0 Å². The van der Waals surface area contributed by atoms with Crippen molar-refractivity contribution in [1.82, 2.24) is 0 Å². The first-order valence-corrected chi connectivity index (χ1v) is 7.97. The van der Waals surface area contributed by atoms with Crippen LogP contribution >= 0.6 is 0 Å². The number of carbonyl (C=O) groups excluding carboxylic acids is 6. The predicted molar refractivity (Wildman–Crippen MR) is 111 cm³/mol. The molecule has 1 radical (unpaired) electrons. The molecule has 38 heavy (non-hydrogen) atoms. The summed E-state index contributed by atoms with van der Waals surface area (Å²) in [5.41, 5.74) is 20.0. The fourth-order valence-electron chi connectivity index (χ4n) is 1.14. The predicted octanol–water partition coefficient (Wildman–Crippen LogP) is -12.4. The van der Waals surface area contributed by atoms with Crippen molar-refractivity contribution in [1.29, 1.82) is 0 Å². The van der Waals surface area contributed by atoms with Crippen LogP contribution < -0.4 is 30.6 Å². The molecular formula is C15H35N3NdO19-3. The Bertz CT molecular complexity index is 545. The minimum absolute atomic E-state index is 0. The summed E-state index contributed by atoms with van der Waals surface area (Å²) in [5.74, 6) is -8.71. The molecule has 231 valence electrons. The van der Waals surface area contributed by atoms with Gasteiger partial charge in [-0.25, -0.2) is 0 Å². The maximum Gasteiger partial charge on any atom is 3.00 e. The second kappa shape index (κ2) is 41.9. The number of carboxylic acids is 6. The summed E-state index contributed by atoms with van der Waals surface area (Å²) >= 11 is 0. The van der Waals surface area contributed by atoms with E-state index in [1.807, 2.05) is 0 Å². The van der Waals surface area contributed by atoms with Crippen molar-refractivity contribution in [3.63, 3.8) is 0 Å². The summed E-state index contributed by atoms with van der Waals surface area (Å²) in [6.45, 7) is 0. The number of carboxylic acid groups (broad SMARTS) is 6. The van der Waals surface area contributed by atoms with Crippen molar-refractivity contribution in [2.24, 2.45) is 0 Å². The van der Waals surface area contributed by atoms with Crippen molar-refractivity contribution in [2.45, 2.75) is 56.7 Å². The normalized spacial score (nSPS) is 9.87.